The topological polar surface area (TPSA) is 17.1 Å². The van der Waals surface area contributed by atoms with E-state index in [1.54, 1.807) is 0 Å². The summed E-state index contributed by atoms with van der Waals surface area (Å²) in [6, 6.07) is 20.0. The van der Waals surface area contributed by atoms with Gasteiger partial charge in [0.1, 0.15) is 0 Å². The van der Waals surface area contributed by atoms with Crippen LogP contribution in [0.15, 0.2) is 54.6 Å². The molecule has 0 N–H and O–H groups in total. The largest absolute Gasteiger partial charge is 0.298 e. The minimum Gasteiger partial charge on any atom is -0.298 e. The predicted molar refractivity (Wildman–Crippen MR) is 158 cm³/mol. The van der Waals surface area contributed by atoms with Crippen LogP contribution in [0.1, 0.15) is 116 Å². The van der Waals surface area contributed by atoms with Crippen LogP contribution in [0.3, 0.4) is 0 Å². The average Bonchev–Trinajstić information content (AvgIpc) is 2.75. The molecule has 0 saturated carbocycles. The van der Waals surface area contributed by atoms with E-state index >= 15 is 0 Å². The molecule has 0 amide bonds. The fraction of sp³-hybridized carbons (Fsp3) is 0.457. The maximum absolute atomic E-state index is 12.7. The van der Waals surface area contributed by atoms with E-state index in [2.05, 4.69) is 138 Å². The molecule has 0 saturated heterocycles. The van der Waals surface area contributed by atoms with E-state index in [9.17, 15) is 4.79 Å². The van der Waals surface area contributed by atoms with Crippen LogP contribution in [0.25, 0.3) is 22.3 Å². The standard InChI is InChI=1S/C35H46O/c1-32(2,3)25-16-23(17-26(20-25)33(4,5)6)29-14-13-15-30(31(29)22-36)24-18-27(34(7,8)9)21-28(19-24)35(10,11)12/h13-22H,1-12H3. The summed E-state index contributed by atoms with van der Waals surface area (Å²) < 4.78 is 0. The number of aldehydes is 1. The Kier molecular flexibility index (Phi) is 7.23. The van der Waals surface area contributed by atoms with Crippen LogP contribution < -0.4 is 0 Å². The minimum atomic E-state index is 0.0115. The molecule has 0 unspecified atom stereocenters. The van der Waals surface area contributed by atoms with Gasteiger partial charge in [-0.3, -0.25) is 4.79 Å². The van der Waals surface area contributed by atoms with Gasteiger partial charge in [0.25, 0.3) is 0 Å². The van der Waals surface area contributed by atoms with E-state index in [1.807, 2.05) is 0 Å². The SMILES string of the molecule is CC(C)(C)c1cc(-c2cccc(-c3cc(C(C)(C)C)cc(C(C)(C)C)c3)c2C=O)cc(C(C)(C)C)c1. The highest BCUT2D eigenvalue weighted by molar-refractivity contribution is 5.96. The van der Waals surface area contributed by atoms with Crippen LogP contribution in [0.4, 0.5) is 0 Å². The lowest BCUT2D eigenvalue weighted by Gasteiger charge is -2.27. The molecule has 0 bridgehead atoms. The Morgan fingerprint density at radius 1 is 0.472 bits per heavy atom. The molecule has 0 aliphatic rings. The van der Waals surface area contributed by atoms with Gasteiger partial charge in [-0.05, 0) is 66.2 Å². The highest BCUT2D eigenvalue weighted by Gasteiger charge is 2.24. The Hall–Kier alpha value is -2.67. The van der Waals surface area contributed by atoms with Crippen molar-refractivity contribution in [3.8, 4) is 22.3 Å². The zero-order valence-electron chi connectivity index (χ0n) is 24.7. The smallest absolute Gasteiger partial charge is 0.151 e. The molecule has 192 valence electrons. The minimum absolute atomic E-state index is 0.0115. The maximum Gasteiger partial charge on any atom is 0.151 e. The fourth-order valence-electron chi connectivity index (χ4n) is 4.49. The second kappa shape index (κ2) is 9.33. The van der Waals surface area contributed by atoms with Gasteiger partial charge >= 0.3 is 0 Å². The molecule has 0 aliphatic carbocycles. The molecule has 0 aromatic heterocycles. The molecule has 36 heavy (non-hydrogen) atoms. The molecule has 1 nitrogen and oxygen atoms in total. The molecular weight excluding hydrogens is 436 g/mol. The first kappa shape index (κ1) is 27.9. The fourth-order valence-corrected chi connectivity index (χ4v) is 4.49. The normalized spacial score (nSPS) is 13.1. The Morgan fingerprint density at radius 2 is 0.750 bits per heavy atom. The molecule has 0 fully saturated rings. The monoisotopic (exact) mass is 482 g/mol. The van der Waals surface area contributed by atoms with E-state index in [0.29, 0.717) is 0 Å². The highest BCUT2D eigenvalue weighted by atomic mass is 16.1. The van der Waals surface area contributed by atoms with Gasteiger partial charge in [-0.2, -0.15) is 0 Å². The lowest BCUT2D eigenvalue weighted by Crippen LogP contribution is -2.17. The van der Waals surface area contributed by atoms with Crippen molar-refractivity contribution in [2.45, 2.75) is 105 Å². The van der Waals surface area contributed by atoms with Crippen LogP contribution in [0.5, 0.6) is 0 Å². The van der Waals surface area contributed by atoms with Gasteiger partial charge < -0.3 is 0 Å². The molecule has 1 heteroatoms. The lowest BCUT2D eigenvalue weighted by molar-refractivity contribution is 0.112. The van der Waals surface area contributed by atoms with Gasteiger partial charge in [0.15, 0.2) is 6.29 Å². The average molecular weight is 483 g/mol. The molecule has 0 atom stereocenters. The number of carbonyl (C=O) groups excluding carboxylic acids is 1. The third-order valence-electron chi connectivity index (χ3n) is 7.18. The van der Waals surface area contributed by atoms with Gasteiger partial charge in [-0.25, -0.2) is 0 Å². The number of hydrogen-bond donors (Lipinski definition) is 0. The molecule has 0 radical (unpaired) electrons. The van der Waals surface area contributed by atoms with Crippen molar-refractivity contribution in [3.63, 3.8) is 0 Å². The first-order valence-electron chi connectivity index (χ1n) is 13.2. The number of carbonyl (C=O) groups is 1. The van der Waals surface area contributed by atoms with Gasteiger partial charge in [-0.1, -0.05) is 138 Å². The zero-order valence-corrected chi connectivity index (χ0v) is 24.7. The third-order valence-corrected chi connectivity index (χ3v) is 7.18. The van der Waals surface area contributed by atoms with Crippen LogP contribution >= 0.6 is 0 Å². The van der Waals surface area contributed by atoms with E-state index in [0.717, 1.165) is 34.1 Å². The quantitative estimate of drug-likeness (QED) is 0.339. The first-order chi connectivity index (χ1) is 16.3. The van der Waals surface area contributed by atoms with Crippen LogP contribution in [-0.4, -0.2) is 6.29 Å². The molecule has 3 rings (SSSR count). The van der Waals surface area contributed by atoms with Crippen molar-refractivity contribution < 1.29 is 4.79 Å². The Bertz CT molecular complexity index is 1100. The highest BCUT2D eigenvalue weighted by Crippen LogP contribution is 2.39. The summed E-state index contributed by atoms with van der Waals surface area (Å²) in [6.45, 7) is 27.0. The van der Waals surface area contributed by atoms with Crippen LogP contribution in [0, 0.1) is 0 Å². The molecule has 0 heterocycles. The first-order valence-corrected chi connectivity index (χ1v) is 13.2. The van der Waals surface area contributed by atoms with Crippen molar-refractivity contribution in [2.75, 3.05) is 0 Å². The van der Waals surface area contributed by atoms with Gasteiger partial charge in [-0.15, -0.1) is 0 Å². The summed E-state index contributed by atoms with van der Waals surface area (Å²) in [7, 11) is 0. The van der Waals surface area contributed by atoms with Crippen molar-refractivity contribution >= 4 is 6.29 Å². The van der Waals surface area contributed by atoms with Gasteiger partial charge in [0.05, 0.1) is 0 Å². The summed E-state index contributed by atoms with van der Waals surface area (Å²) >= 11 is 0. The van der Waals surface area contributed by atoms with Crippen molar-refractivity contribution in [2.24, 2.45) is 0 Å². The van der Waals surface area contributed by atoms with Gasteiger partial charge in [0, 0.05) is 5.56 Å². The second-order valence-corrected chi connectivity index (χ2v) is 14.5. The van der Waals surface area contributed by atoms with Crippen molar-refractivity contribution in [1.82, 2.24) is 0 Å². The zero-order chi connectivity index (χ0) is 27.3. The molecule has 3 aromatic carbocycles. The number of hydrogen-bond acceptors (Lipinski definition) is 1. The summed E-state index contributed by atoms with van der Waals surface area (Å²) in [5.74, 6) is 0. The van der Waals surface area contributed by atoms with Crippen molar-refractivity contribution in [3.05, 3.63) is 82.4 Å². The van der Waals surface area contributed by atoms with E-state index in [-0.39, 0.29) is 21.7 Å². The van der Waals surface area contributed by atoms with Crippen LogP contribution in [0.2, 0.25) is 0 Å². The Labute approximate surface area is 220 Å². The predicted octanol–water partition coefficient (Wildman–Crippen LogP) is 10.0. The maximum atomic E-state index is 12.7. The molecule has 0 aliphatic heterocycles. The summed E-state index contributed by atoms with van der Waals surface area (Å²) in [5, 5.41) is 0. The lowest BCUT2D eigenvalue weighted by atomic mass is 9.77. The Balaban J connectivity index is 2.35. The summed E-state index contributed by atoms with van der Waals surface area (Å²) in [5.41, 5.74) is 10.2. The number of benzene rings is 3. The second-order valence-electron chi connectivity index (χ2n) is 14.5. The van der Waals surface area contributed by atoms with E-state index < -0.39 is 0 Å². The summed E-state index contributed by atoms with van der Waals surface area (Å²) in [6.07, 6.45) is 1.05. The molecule has 0 spiro atoms. The third kappa shape index (κ3) is 6.00. The number of rotatable bonds is 3. The van der Waals surface area contributed by atoms with Gasteiger partial charge in [0.2, 0.25) is 0 Å². The van der Waals surface area contributed by atoms with E-state index in [1.165, 1.54) is 22.3 Å². The van der Waals surface area contributed by atoms with Crippen molar-refractivity contribution in [1.29, 1.82) is 0 Å². The molecular formula is C35H46O. The summed E-state index contributed by atoms with van der Waals surface area (Å²) in [4.78, 5) is 12.7. The van der Waals surface area contributed by atoms with Crippen LogP contribution in [-0.2, 0) is 21.7 Å². The molecule has 3 aromatic rings. The van der Waals surface area contributed by atoms with E-state index in [4.69, 9.17) is 0 Å². The Morgan fingerprint density at radius 3 is 0.972 bits per heavy atom.